The fourth-order valence-electron chi connectivity index (χ4n) is 3.01. The molecule has 0 aliphatic heterocycles. The molecule has 3 rings (SSSR count). The number of hydrogen-bond donors (Lipinski definition) is 1. The van der Waals surface area contributed by atoms with Crippen LogP contribution in [0.25, 0.3) is 11.8 Å². The SMILES string of the molecule is Cc1nn(-c2ccccc2)c(C)c1/C=C/C(=O)OCC(=O)Nc1ccccc1OC(F)F. The van der Waals surface area contributed by atoms with Gasteiger partial charge in [0, 0.05) is 17.3 Å². The first-order valence-corrected chi connectivity index (χ1v) is 9.65. The van der Waals surface area contributed by atoms with Crippen LogP contribution in [0.3, 0.4) is 0 Å². The Bertz CT molecular complexity index is 1130. The zero-order valence-electron chi connectivity index (χ0n) is 17.4. The molecule has 0 spiro atoms. The summed E-state index contributed by atoms with van der Waals surface area (Å²) in [5.41, 5.74) is 3.26. The molecule has 3 aromatic rings. The topological polar surface area (TPSA) is 82.5 Å². The minimum Gasteiger partial charge on any atom is -0.452 e. The summed E-state index contributed by atoms with van der Waals surface area (Å²) in [7, 11) is 0. The molecule has 0 aliphatic rings. The molecule has 0 bridgehead atoms. The number of aryl methyl sites for hydroxylation is 1. The lowest BCUT2D eigenvalue weighted by Crippen LogP contribution is -2.20. The molecule has 32 heavy (non-hydrogen) atoms. The van der Waals surface area contributed by atoms with Crippen LogP contribution in [0.5, 0.6) is 5.75 Å². The molecule has 2 aromatic carbocycles. The van der Waals surface area contributed by atoms with Gasteiger partial charge in [-0.05, 0) is 44.2 Å². The molecule has 0 unspecified atom stereocenters. The standard InChI is InChI=1S/C23H21F2N3O4/c1-15-18(16(2)28(27-15)17-8-4-3-5-9-17)12-13-22(30)31-14-21(29)26-19-10-6-7-11-20(19)32-23(24)25/h3-13,23H,14H2,1-2H3,(H,26,29)/b13-12+. The Morgan fingerprint density at radius 2 is 1.78 bits per heavy atom. The number of benzene rings is 2. The van der Waals surface area contributed by atoms with Crippen LogP contribution in [0.15, 0.2) is 60.7 Å². The van der Waals surface area contributed by atoms with Gasteiger partial charge in [-0.1, -0.05) is 30.3 Å². The molecule has 0 fully saturated rings. The van der Waals surface area contributed by atoms with E-state index in [1.165, 1.54) is 24.3 Å². The average molecular weight is 441 g/mol. The number of halogens is 2. The molecule has 1 aromatic heterocycles. The first-order chi connectivity index (χ1) is 15.3. The Balaban J connectivity index is 1.59. The number of ether oxygens (including phenoxy) is 2. The number of carbonyl (C=O) groups is 2. The number of carbonyl (C=O) groups excluding carboxylic acids is 2. The lowest BCUT2D eigenvalue weighted by molar-refractivity contribution is -0.142. The van der Waals surface area contributed by atoms with E-state index in [0.29, 0.717) is 0 Å². The predicted molar refractivity (Wildman–Crippen MR) is 115 cm³/mol. The van der Waals surface area contributed by atoms with E-state index < -0.39 is 25.1 Å². The van der Waals surface area contributed by atoms with Gasteiger partial charge in [-0.15, -0.1) is 0 Å². The summed E-state index contributed by atoms with van der Waals surface area (Å²) in [5.74, 6) is -1.62. The smallest absolute Gasteiger partial charge is 0.387 e. The second-order valence-corrected chi connectivity index (χ2v) is 6.70. The first-order valence-electron chi connectivity index (χ1n) is 9.65. The summed E-state index contributed by atoms with van der Waals surface area (Å²) >= 11 is 0. The second kappa shape index (κ2) is 10.3. The summed E-state index contributed by atoms with van der Waals surface area (Å²) in [4.78, 5) is 24.1. The average Bonchev–Trinajstić information content (AvgIpc) is 3.06. The Morgan fingerprint density at radius 3 is 2.50 bits per heavy atom. The van der Waals surface area contributed by atoms with E-state index in [9.17, 15) is 18.4 Å². The largest absolute Gasteiger partial charge is 0.452 e. The summed E-state index contributed by atoms with van der Waals surface area (Å²) in [5, 5.41) is 6.86. The number of rotatable bonds is 8. The van der Waals surface area contributed by atoms with Gasteiger partial charge in [-0.25, -0.2) is 9.48 Å². The molecule has 1 heterocycles. The third-order valence-electron chi connectivity index (χ3n) is 4.46. The molecule has 0 saturated heterocycles. The second-order valence-electron chi connectivity index (χ2n) is 6.70. The van der Waals surface area contributed by atoms with Crippen molar-refractivity contribution in [3.05, 3.63) is 77.6 Å². The molecule has 0 saturated carbocycles. The molecular weight excluding hydrogens is 420 g/mol. The fraction of sp³-hybridized carbons (Fsp3) is 0.174. The Hall–Kier alpha value is -4.01. The van der Waals surface area contributed by atoms with Crippen LogP contribution in [0.4, 0.5) is 14.5 Å². The summed E-state index contributed by atoms with van der Waals surface area (Å²) in [6.45, 7) is 0.0795. The summed E-state index contributed by atoms with van der Waals surface area (Å²) in [6, 6.07) is 15.3. The number of nitrogens with zero attached hydrogens (tertiary/aromatic N) is 2. The molecule has 9 heteroatoms. The first kappa shape index (κ1) is 22.7. The van der Waals surface area contributed by atoms with E-state index in [1.807, 2.05) is 44.2 Å². The third kappa shape index (κ3) is 5.78. The zero-order valence-corrected chi connectivity index (χ0v) is 17.4. The number of para-hydroxylation sites is 3. The highest BCUT2D eigenvalue weighted by atomic mass is 19.3. The highest BCUT2D eigenvalue weighted by Gasteiger charge is 2.14. The van der Waals surface area contributed by atoms with Crippen molar-refractivity contribution in [3.8, 4) is 11.4 Å². The molecule has 1 N–H and O–H groups in total. The predicted octanol–water partition coefficient (Wildman–Crippen LogP) is 4.29. The van der Waals surface area contributed by atoms with Crippen LogP contribution in [0.1, 0.15) is 17.0 Å². The molecule has 0 radical (unpaired) electrons. The number of amides is 1. The van der Waals surface area contributed by atoms with E-state index in [1.54, 1.807) is 16.8 Å². The quantitative estimate of drug-likeness (QED) is 0.417. The van der Waals surface area contributed by atoms with Crippen molar-refractivity contribution in [2.45, 2.75) is 20.5 Å². The Kier molecular flexibility index (Phi) is 7.33. The fourth-order valence-corrected chi connectivity index (χ4v) is 3.01. The molecule has 0 aliphatic carbocycles. The van der Waals surface area contributed by atoms with Crippen LogP contribution < -0.4 is 10.1 Å². The van der Waals surface area contributed by atoms with Crippen molar-refractivity contribution in [2.75, 3.05) is 11.9 Å². The Labute approximate surface area is 183 Å². The van der Waals surface area contributed by atoms with Crippen LogP contribution in [-0.2, 0) is 14.3 Å². The minimum atomic E-state index is -3.03. The lowest BCUT2D eigenvalue weighted by atomic mass is 10.2. The number of anilines is 1. The van der Waals surface area contributed by atoms with Gasteiger partial charge in [-0.2, -0.15) is 13.9 Å². The van der Waals surface area contributed by atoms with Crippen molar-refractivity contribution in [1.29, 1.82) is 0 Å². The van der Waals surface area contributed by atoms with E-state index >= 15 is 0 Å². The maximum absolute atomic E-state index is 12.5. The van der Waals surface area contributed by atoms with Gasteiger partial charge < -0.3 is 14.8 Å². The molecular formula is C23H21F2N3O4. The normalized spacial score (nSPS) is 11.0. The van der Waals surface area contributed by atoms with E-state index in [2.05, 4.69) is 15.2 Å². The van der Waals surface area contributed by atoms with Gasteiger partial charge >= 0.3 is 12.6 Å². The Morgan fingerprint density at radius 1 is 1.09 bits per heavy atom. The number of hydrogen-bond acceptors (Lipinski definition) is 5. The van der Waals surface area contributed by atoms with Gasteiger partial charge in [0.1, 0.15) is 5.75 Å². The van der Waals surface area contributed by atoms with Gasteiger partial charge in [-0.3, -0.25) is 4.79 Å². The van der Waals surface area contributed by atoms with Crippen LogP contribution >= 0.6 is 0 Å². The van der Waals surface area contributed by atoms with E-state index in [0.717, 1.165) is 22.6 Å². The highest BCUT2D eigenvalue weighted by molar-refractivity contribution is 5.95. The van der Waals surface area contributed by atoms with Crippen molar-refractivity contribution < 1.29 is 27.8 Å². The van der Waals surface area contributed by atoms with Gasteiger partial charge in [0.25, 0.3) is 5.91 Å². The lowest BCUT2D eigenvalue weighted by Gasteiger charge is -2.11. The minimum absolute atomic E-state index is 0.0453. The van der Waals surface area contributed by atoms with Crippen molar-refractivity contribution in [1.82, 2.24) is 9.78 Å². The maximum atomic E-state index is 12.5. The molecule has 0 atom stereocenters. The molecule has 7 nitrogen and oxygen atoms in total. The maximum Gasteiger partial charge on any atom is 0.387 e. The number of nitrogens with one attached hydrogen (secondary N) is 1. The summed E-state index contributed by atoms with van der Waals surface area (Å²) in [6.07, 6.45) is 2.77. The van der Waals surface area contributed by atoms with Gasteiger partial charge in [0.15, 0.2) is 6.61 Å². The monoisotopic (exact) mass is 441 g/mol. The molecule has 166 valence electrons. The number of esters is 1. The van der Waals surface area contributed by atoms with Gasteiger partial charge in [0.05, 0.1) is 17.1 Å². The highest BCUT2D eigenvalue weighted by Crippen LogP contribution is 2.25. The van der Waals surface area contributed by atoms with E-state index in [4.69, 9.17) is 4.74 Å². The van der Waals surface area contributed by atoms with Crippen LogP contribution in [0, 0.1) is 13.8 Å². The van der Waals surface area contributed by atoms with E-state index in [-0.39, 0.29) is 11.4 Å². The number of alkyl halides is 2. The van der Waals surface area contributed by atoms with Crippen molar-refractivity contribution in [3.63, 3.8) is 0 Å². The zero-order chi connectivity index (χ0) is 23.1. The number of aromatic nitrogens is 2. The van der Waals surface area contributed by atoms with Crippen molar-refractivity contribution >= 4 is 23.6 Å². The summed E-state index contributed by atoms with van der Waals surface area (Å²) < 4.78 is 36.0. The van der Waals surface area contributed by atoms with Crippen LogP contribution in [0.2, 0.25) is 0 Å². The third-order valence-corrected chi connectivity index (χ3v) is 4.46. The molecule has 1 amide bonds. The van der Waals surface area contributed by atoms with Crippen LogP contribution in [-0.4, -0.2) is 34.9 Å². The van der Waals surface area contributed by atoms with Gasteiger partial charge in [0.2, 0.25) is 0 Å². The van der Waals surface area contributed by atoms with Crippen molar-refractivity contribution in [2.24, 2.45) is 0 Å².